The first kappa shape index (κ1) is 20.8. The maximum Gasteiger partial charge on any atom is 0.277 e. The monoisotopic (exact) mass is 446 g/mol. The molecule has 168 valence electrons. The molecule has 3 heterocycles. The largest absolute Gasteiger partial charge is 0.493 e. The molecule has 0 radical (unpaired) electrons. The summed E-state index contributed by atoms with van der Waals surface area (Å²) in [5, 5.41) is 7.09. The maximum absolute atomic E-state index is 13.7. The van der Waals surface area contributed by atoms with Crippen molar-refractivity contribution in [3.8, 4) is 11.5 Å². The van der Waals surface area contributed by atoms with E-state index in [1.165, 1.54) is 13.4 Å². The van der Waals surface area contributed by atoms with Crippen molar-refractivity contribution in [2.45, 2.75) is 25.6 Å². The lowest BCUT2D eigenvalue weighted by Gasteiger charge is -2.26. The summed E-state index contributed by atoms with van der Waals surface area (Å²) < 4.78 is 16.7. The molecule has 2 aliphatic rings. The molecule has 1 N–H and O–H groups in total. The minimum atomic E-state index is -1.64. The Morgan fingerprint density at radius 3 is 2.67 bits per heavy atom. The zero-order valence-electron chi connectivity index (χ0n) is 18.3. The zero-order chi connectivity index (χ0) is 23.2. The number of Topliss-reactive ketones (excluding diaryl/α,β-unsaturated/α-hetero) is 1. The molecule has 0 fully saturated rings. The van der Waals surface area contributed by atoms with Gasteiger partial charge in [0.1, 0.15) is 11.6 Å². The van der Waals surface area contributed by atoms with E-state index in [0.29, 0.717) is 34.0 Å². The summed E-state index contributed by atoms with van der Waals surface area (Å²) in [5.74, 6) is -0.798. The van der Waals surface area contributed by atoms with Gasteiger partial charge in [-0.1, -0.05) is 23.4 Å². The first-order valence-corrected chi connectivity index (χ1v) is 10.6. The average Bonchev–Trinajstić information content (AvgIpc) is 3.53. The highest BCUT2D eigenvalue weighted by atomic mass is 16.7. The molecule has 33 heavy (non-hydrogen) atoms. The van der Waals surface area contributed by atoms with Crippen molar-refractivity contribution in [3.05, 3.63) is 77.7 Å². The number of carbonyl (C=O) groups excluding carboxylic acids is 2. The first-order chi connectivity index (χ1) is 16.0. The van der Waals surface area contributed by atoms with Crippen LogP contribution in [0.3, 0.4) is 0 Å². The number of benzene rings is 2. The van der Waals surface area contributed by atoms with Crippen LogP contribution in [-0.4, -0.2) is 30.6 Å². The summed E-state index contributed by atoms with van der Waals surface area (Å²) in [6.07, 6.45) is 1.36. The van der Waals surface area contributed by atoms with Gasteiger partial charge in [-0.05, 0) is 50.2 Å². The van der Waals surface area contributed by atoms with Gasteiger partial charge in [-0.2, -0.15) is 0 Å². The van der Waals surface area contributed by atoms with Crippen molar-refractivity contribution in [1.82, 2.24) is 0 Å². The Bertz CT molecular complexity index is 1260. The number of nitrogens with one attached hydrogen (secondary N) is 1. The van der Waals surface area contributed by atoms with Crippen molar-refractivity contribution in [1.29, 1.82) is 0 Å². The van der Waals surface area contributed by atoms with Gasteiger partial charge in [-0.3, -0.25) is 9.59 Å². The van der Waals surface area contributed by atoms with Gasteiger partial charge in [0.15, 0.2) is 17.3 Å². The number of furan rings is 1. The summed E-state index contributed by atoms with van der Waals surface area (Å²) in [6.45, 7) is 3.83. The van der Waals surface area contributed by atoms with E-state index in [1.54, 1.807) is 54.6 Å². The molecule has 0 aliphatic carbocycles. The van der Waals surface area contributed by atoms with Crippen molar-refractivity contribution in [2.75, 3.05) is 12.4 Å². The van der Waals surface area contributed by atoms with Crippen molar-refractivity contribution in [2.24, 2.45) is 11.1 Å². The Kier molecular flexibility index (Phi) is 4.92. The molecule has 1 amide bonds. The van der Waals surface area contributed by atoms with Crippen LogP contribution < -0.4 is 14.8 Å². The lowest BCUT2D eigenvalue weighted by Crippen LogP contribution is -2.46. The first-order valence-electron chi connectivity index (χ1n) is 10.6. The normalized spacial score (nSPS) is 20.9. The smallest absolute Gasteiger partial charge is 0.277 e. The summed E-state index contributed by atoms with van der Waals surface area (Å²) >= 11 is 0. The number of anilines is 1. The van der Waals surface area contributed by atoms with E-state index in [9.17, 15) is 9.59 Å². The zero-order valence-corrected chi connectivity index (χ0v) is 18.3. The molecule has 0 saturated heterocycles. The van der Waals surface area contributed by atoms with E-state index in [-0.39, 0.29) is 11.9 Å². The highest BCUT2D eigenvalue weighted by molar-refractivity contribution is 6.24. The number of hydrogen-bond donors (Lipinski definition) is 1. The van der Waals surface area contributed by atoms with E-state index in [2.05, 4.69) is 10.5 Å². The number of methoxy groups -OCH3 is 1. The lowest BCUT2D eigenvalue weighted by molar-refractivity contribution is -0.140. The fourth-order valence-corrected chi connectivity index (χ4v) is 4.32. The number of para-hydroxylation sites is 1. The molecule has 0 unspecified atom stereocenters. The summed E-state index contributed by atoms with van der Waals surface area (Å²) in [4.78, 5) is 32.8. The quantitative estimate of drug-likeness (QED) is 0.571. The summed E-state index contributed by atoms with van der Waals surface area (Å²) in [5.41, 5.74) is 0.357. The van der Waals surface area contributed by atoms with Crippen molar-refractivity contribution < 1.29 is 28.3 Å². The van der Waals surface area contributed by atoms with Gasteiger partial charge < -0.3 is 24.0 Å². The number of carbonyl (C=O) groups is 2. The Morgan fingerprint density at radius 2 is 1.94 bits per heavy atom. The number of oxime groups is 1. The van der Waals surface area contributed by atoms with Crippen LogP contribution in [0.25, 0.3) is 0 Å². The predicted octanol–water partition coefficient (Wildman–Crippen LogP) is 4.16. The maximum atomic E-state index is 13.7. The number of nitrogens with zero attached hydrogens (tertiary/aromatic N) is 1. The fourth-order valence-electron chi connectivity index (χ4n) is 4.32. The highest BCUT2D eigenvalue weighted by Crippen LogP contribution is 2.50. The van der Waals surface area contributed by atoms with Gasteiger partial charge in [0.05, 0.1) is 19.5 Å². The molecule has 5 rings (SSSR count). The SMILES string of the molecule is COc1cc(C2=NO[C@@]3(C(=O)Nc4ccccc43)[C@H]2C(=O)c2ccco2)ccc1OC(C)C. The molecular weight excluding hydrogens is 424 g/mol. The minimum absolute atomic E-state index is 0.0489. The van der Waals surface area contributed by atoms with Crippen LogP contribution in [0, 0.1) is 5.92 Å². The Morgan fingerprint density at radius 1 is 1.12 bits per heavy atom. The molecule has 2 aliphatic heterocycles. The Hall–Kier alpha value is -4.07. The lowest BCUT2D eigenvalue weighted by atomic mass is 9.75. The van der Waals surface area contributed by atoms with Crippen LogP contribution in [0.15, 0.2) is 70.4 Å². The van der Waals surface area contributed by atoms with E-state index >= 15 is 0 Å². The predicted molar refractivity (Wildman–Crippen MR) is 120 cm³/mol. The van der Waals surface area contributed by atoms with Crippen LogP contribution in [0.4, 0.5) is 5.69 Å². The topological polar surface area (TPSA) is 99.4 Å². The molecule has 8 nitrogen and oxygen atoms in total. The molecule has 0 saturated carbocycles. The number of ketones is 1. The van der Waals surface area contributed by atoms with Gasteiger partial charge in [0.2, 0.25) is 5.78 Å². The van der Waals surface area contributed by atoms with Gasteiger partial charge in [-0.15, -0.1) is 0 Å². The molecule has 3 aromatic rings. The second kappa shape index (κ2) is 7.81. The Balaban J connectivity index is 1.64. The standard InChI is InChI=1S/C25H22N2O6/c1-14(2)32-18-11-10-15(13-20(18)30-3)22-21(23(28)19-9-6-12-31-19)25(33-27-22)16-7-4-5-8-17(16)26-24(25)29/h4-14,21H,1-3H3,(H,26,29)/t21-,25-/m1/s1. The second-order valence-electron chi connectivity index (χ2n) is 8.11. The molecule has 0 bridgehead atoms. The minimum Gasteiger partial charge on any atom is -0.493 e. The number of ether oxygens (including phenoxy) is 2. The number of fused-ring (bicyclic) bond motifs is 2. The molecule has 2 aromatic carbocycles. The van der Waals surface area contributed by atoms with Crippen LogP contribution in [0.5, 0.6) is 11.5 Å². The highest BCUT2D eigenvalue weighted by Gasteiger charge is 2.63. The van der Waals surface area contributed by atoms with Crippen LogP contribution in [0.2, 0.25) is 0 Å². The van der Waals surface area contributed by atoms with Crippen molar-refractivity contribution >= 4 is 23.1 Å². The van der Waals surface area contributed by atoms with Gasteiger partial charge in [0.25, 0.3) is 11.5 Å². The molecule has 8 heteroatoms. The number of hydrogen-bond acceptors (Lipinski definition) is 7. The van der Waals surface area contributed by atoms with Crippen LogP contribution >= 0.6 is 0 Å². The number of rotatable bonds is 6. The third-order valence-electron chi connectivity index (χ3n) is 5.73. The van der Waals surface area contributed by atoms with E-state index in [4.69, 9.17) is 18.7 Å². The third-order valence-corrected chi connectivity index (χ3v) is 5.73. The molecule has 1 spiro atoms. The summed E-state index contributed by atoms with van der Waals surface area (Å²) in [6, 6.07) is 15.5. The van der Waals surface area contributed by atoms with Crippen molar-refractivity contribution in [3.63, 3.8) is 0 Å². The Labute approximate surface area is 190 Å². The second-order valence-corrected chi connectivity index (χ2v) is 8.11. The van der Waals surface area contributed by atoms with E-state index in [0.717, 1.165) is 0 Å². The molecular formula is C25H22N2O6. The third kappa shape index (κ3) is 3.17. The molecule has 1 aromatic heterocycles. The van der Waals surface area contributed by atoms with Gasteiger partial charge in [0, 0.05) is 16.8 Å². The van der Waals surface area contributed by atoms with E-state index in [1.807, 2.05) is 13.8 Å². The number of amides is 1. The van der Waals surface area contributed by atoms with E-state index < -0.39 is 23.2 Å². The van der Waals surface area contributed by atoms with Crippen LogP contribution in [-0.2, 0) is 15.2 Å². The molecule has 2 atom stereocenters. The van der Waals surface area contributed by atoms with Gasteiger partial charge >= 0.3 is 0 Å². The van der Waals surface area contributed by atoms with Gasteiger partial charge in [-0.25, -0.2) is 0 Å². The average molecular weight is 446 g/mol. The fraction of sp³-hybridized carbons (Fsp3) is 0.240. The summed E-state index contributed by atoms with van der Waals surface area (Å²) in [7, 11) is 1.53. The van der Waals surface area contributed by atoms with Crippen LogP contribution in [0.1, 0.15) is 35.5 Å².